The summed E-state index contributed by atoms with van der Waals surface area (Å²) >= 11 is 5.30. The normalized spacial score (nSPS) is 9.21. The molecule has 0 fully saturated rings. The van der Waals surface area contributed by atoms with E-state index in [4.69, 9.17) is 16.9 Å². The summed E-state index contributed by atoms with van der Waals surface area (Å²) in [6.07, 6.45) is 0.597. The van der Waals surface area contributed by atoms with Crippen LogP contribution in [0.15, 0.2) is 12.1 Å². The van der Waals surface area contributed by atoms with Gasteiger partial charge in [0.25, 0.3) is 5.24 Å². The molecule has 70 valence electrons. The van der Waals surface area contributed by atoms with Crippen molar-refractivity contribution in [3.8, 4) is 6.07 Å². The molecule has 0 unspecified atom stereocenters. The number of aldehydes is 1. The van der Waals surface area contributed by atoms with Gasteiger partial charge in [0.05, 0.1) is 11.6 Å². The number of benzene rings is 1. The number of halogens is 1. The Balaban J connectivity index is 3.51. The average Bonchev–Trinajstić information content (AvgIpc) is 2.17. The van der Waals surface area contributed by atoms with Crippen molar-refractivity contribution in [2.45, 2.75) is 6.92 Å². The fourth-order valence-electron chi connectivity index (χ4n) is 1.13. The molecule has 0 aromatic heterocycles. The highest BCUT2D eigenvalue weighted by Gasteiger charge is 2.11. The van der Waals surface area contributed by atoms with Gasteiger partial charge in [-0.3, -0.25) is 9.59 Å². The van der Waals surface area contributed by atoms with Gasteiger partial charge in [-0.1, -0.05) is 0 Å². The largest absolute Gasteiger partial charge is 0.298 e. The standard InChI is InChI=1S/C10H6ClNO2/c1-6-8(5-13)2-7(4-12)3-9(6)10(11)14/h2-3,5H,1H3. The van der Waals surface area contributed by atoms with Crippen LogP contribution in [-0.2, 0) is 0 Å². The summed E-state index contributed by atoms with van der Waals surface area (Å²) in [6, 6.07) is 4.65. The Morgan fingerprint density at radius 2 is 2.21 bits per heavy atom. The minimum absolute atomic E-state index is 0.202. The molecule has 0 radical (unpaired) electrons. The third-order valence-electron chi connectivity index (χ3n) is 1.92. The Morgan fingerprint density at radius 1 is 1.57 bits per heavy atom. The second-order valence-corrected chi connectivity index (χ2v) is 3.08. The molecular weight excluding hydrogens is 202 g/mol. The molecule has 0 saturated carbocycles. The molecule has 1 rings (SSSR count). The summed E-state index contributed by atoms with van der Waals surface area (Å²) in [6.45, 7) is 1.61. The number of rotatable bonds is 2. The molecule has 3 nitrogen and oxygen atoms in total. The van der Waals surface area contributed by atoms with Crippen molar-refractivity contribution in [1.82, 2.24) is 0 Å². The van der Waals surface area contributed by atoms with Crippen molar-refractivity contribution >= 4 is 23.1 Å². The van der Waals surface area contributed by atoms with Crippen LogP contribution >= 0.6 is 11.6 Å². The van der Waals surface area contributed by atoms with Crippen molar-refractivity contribution in [3.63, 3.8) is 0 Å². The molecule has 0 spiro atoms. The summed E-state index contributed by atoms with van der Waals surface area (Å²) in [7, 11) is 0. The Morgan fingerprint density at radius 3 is 2.64 bits per heavy atom. The van der Waals surface area contributed by atoms with E-state index in [9.17, 15) is 9.59 Å². The third kappa shape index (κ3) is 1.81. The van der Waals surface area contributed by atoms with Crippen LogP contribution in [0.5, 0.6) is 0 Å². The summed E-state index contributed by atoms with van der Waals surface area (Å²) in [5, 5.41) is 7.97. The van der Waals surface area contributed by atoms with Gasteiger partial charge in [0.15, 0.2) is 0 Å². The minimum atomic E-state index is -0.664. The number of nitrogens with zero attached hydrogens (tertiary/aromatic N) is 1. The maximum atomic E-state index is 10.9. The molecule has 0 amide bonds. The van der Waals surface area contributed by atoms with Crippen LogP contribution < -0.4 is 0 Å². The lowest BCUT2D eigenvalue weighted by molar-refractivity contribution is 0.108. The fourth-order valence-corrected chi connectivity index (χ4v) is 1.32. The van der Waals surface area contributed by atoms with Gasteiger partial charge in [-0.2, -0.15) is 5.26 Å². The Bertz CT molecular complexity index is 446. The van der Waals surface area contributed by atoms with E-state index in [2.05, 4.69) is 0 Å². The van der Waals surface area contributed by atoms with Gasteiger partial charge >= 0.3 is 0 Å². The summed E-state index contributed by atoms with van der Waals surface area (Å²) < 4.78 is 0. The first-order valence-corrected chi connectivity index (χ1v) is 4.17. The van der Waals surface area contributed by atoms with Crippen LogP contribution in [0.1, 0.15) is 31.8 Å². The van der Waals surface area contributed by atoms with Crippen molar-refractivity contribution < 1.29 is 9.59 Å². The van der Waals surface area contributed by atoms with E-state index in [1.54, 1.807) is 6.92 Å². The highest BCUT2D eigenvalue weighted by atomic mass is 35.5. The van der Waals surface area contributed by atoms with Gasteiger partial charge in [0, 0.05) is 11.1 Å². The first kappa shape index (κ1) is 10.4. The molecule has 0 aliphatic rings. The molecular formula is C10H6ClNO2. The lowest BCUT2D eigenvalue weighted by Crippen LogP contribution is -1.99. The molecule has 4 heteroatoms. The first-order valence-electron chi connectivity index (χ1n) is 3.80. The lowest BCUT2D eigenvalue weighted by Gasteiger charge is -2.03. The average molecular weight is 208 g/mol. The highest BCUT2D eigenvalue weighted by Crippen LogP contribution is 2.17. The summed E-state index contributed by atoms with van der Waals surface area (Å²) in [5.41, 5.74) is 1.27. The van der Waals surface area contributed by atoms with E-state index in [1.807, 2.05) is 6.07 Å². The fraction of sp³-hybridized carbons (Fsp3) is 0.100. The highest BCUT2D eigenvalue weighted by molar-refractivity contribution is 6.68. The number of carbonyl (C=O) groups is 2. The molecule has 0 aliphatic carbocycles. The monoisotopic (exact) mass is 207 g/mol. The molecule has 0 bridgehead atoms. The zero-order valence-corrected chi connectivity index (χ0v) is 8.13. The predicted molar refractivity (Wildman–Crippen MR) is 51.5 cm³/mol. The van der Waals surface area contributed by atoms with E-state index in [-0.39, 0.29) is 11.1 Å². The molecule has 14 heavy (non-hydrogen) atoms. The van der Waals surface area contributed by atoms with Crippen molar-refractivity contribution in [1.29, 1.82) is 5.26 Å². The van der Waals surface area contributed by atoms with Crippen LogP contribution in [0.4, 0.5) is 0 Å². The summed E-state index contributed by atoms with van der Waals surface area (Å²) in [4.78, 5) is 21.5. The van der Waals surface area contributed by atoms with Gasteiger partial charge in [-0.15, -0.1) is 0 Å². The molecule has 1 aromatic carbocycles. The van der Waals surface area contributed by atoms with E-state index < -0.39 is 5.24 Å². The van der Waals surface area contributed by atoms with Gasteiger partial charge in [0.2, 0.25) is 0 Å². The smallest absolute Gasteiger partial charge is 0.252 e. The maximum absolute atomic E-state index is 10.9. The van der Waals surface area contributed by atoms with Crippen LogP contribution in [0, 0.1) is 18.3 Å². The predicted octanol–water partition coefficient (Wildman–Crippen LogP) is 2.06. The van der Waals surface area contributed by atoms with Crippen molar-refractivity contribution in [3.05, 3.63) is 34.4 Å². The van der Waals surface area contributed by atoms with Crippen LogP contribution in [0.3, 0.4) is 0 Å². The number of hydrogen-bond acceptors (Lipinski definition) is 3. The van der Waals surface area contributed by atoms with Crippen LogP contribution in [-0.4, -0.2) is 11.5 Å². The van der Waals surface area contributed by atoms with Gasteiger partial charge < -0.3 is 0 Å². The lowest BCUT2D eigenvalue weighted by atomic mass is 10.0. The second-order valence-electron chi connectivity index (χ2n) is 2.74. The van der Waals surface area contributed by atoms with Gasteiger partial charge in [0.1, 0.15) is 6.29 Å². The Kier molecular flexibility index (Phi) is 3.00. The molecule has 0 aliphatic heterocycles. The van der Waals surface area contributed by atoms with Crippen LogP contribution in [0.2, 0.25) is 0 Å². The topological polar surface area (TPSA) is 57.9 Å². The Hall–Kier alpha value is -1.66. The van der Waals surface area contributed by atoms with E-state index in [0.717, 1.165) is 0 Å². The van der Waals surface area contributed by atoms with Crippen LogP contribution in [0.25, 0.3) is 0 Å². The number of nitriles is 1. The first-order chi connectivity index (χ1) is 6.60. The van der Waals surface area contributed by atoms with Gasteiger partial charge in [-0.25, -0.2) is 0 Å². The zero-order valence-electron chi connectivity index (χ0n) is 7.37. The van der Waals surface area contributed by atoms with E-state index in [0.29, 0.717) is 17.4 Å². The molecule has 1 aromatic rings. The molecule has 0 atom stereocenters. The third-order valence-corrected chi connectivity index (χ3v) is 2.12. The second kappa shape index (κ2) is 4.03. The van der Waals surface area contributed by atoms with E-state index >= 15 is 0 Å². The quantitative estimate of drug-likeness (QED) is 0.551. The van der Waals surface area contributed by atoms with Crippen molar-refractivity contribution in [2.24, 2.45) is 0 Å². The minimum Gasteiger partial charge on any atom is -0.298 e. The van der Waals surface area contributed by atoms with Crippen molar-refractivity contribution in [2.75, 3.05) is 0 Å². The van der Waals surface area contributed by atoms with Gasteiger partial charge in [-0.05, 0) is 36.2 Å². The molecule has 0 N–H and O–H groups in total. The number of hydrogen-bond donors (Lipinski definition) is 0. The molecule has 0 heterocycles. The SMILES string of the molecule is Cc1c(C=O)cc(C#N)cc1C(=O)Cl. The summed E-state index contributed by atoms with van der Waals surface area (Å²) in [5.74, 6) is 0. The maximum Gasteiger partial charge on any atom is 0.252 e. The van der Waals surface area contributed by atoms with E-state index in [1.165, 1.54) is 12.1 Å². The molecule has 0 saturated heterocycles. The number of carbonyl (C=O) groups excluding carboxylic acids is 2. The Labute approximate surface area is 85.9 Å². The zero-order chi connectivity index (χ0) is 10.7.